The maximum absolute atomic E-state index is 12.7. The molecule has 0 bridgehead atoms. The Morgan fingerprint density at radius 1 is 1.13 bits per heavy atom. The molecule has 1 heterocycles. The first-order chi connectivity index (χ1) is 10.8. The number of aromatic amines is 1. The van der Waals surface area contributed by atoms with Crippen LogP contribution in [0.1, 0.15) is 17.0 Å². The summed E-state index contributed by atoms with van der Waals surface area (Å²) in [5, 5.41) is 0. The minimum Gasteiger partial charge on any atom is -0.497 e. The average Bonchev–Trinajstić information content (AvgIpc) is 2.51. The quantitative estimate of drug-likeness (QED) is 0.938. The summed E-state index contributed by atoms with van der Waals surface area (Å²) in [6, 6.07) is 5.74. The molecule has 1 N–H and O–H groups in total. The number of alkyl halides is 3. The number of methoxy groups -OCH3 is 2. The van der Waals surface area contributed by atoms with E-state index in [9.17, 15) is 18.0 Å². The van der Waals surface area contributed by atoms with Crippen molar-refractivity contribution in [2.75, 3.05) is 14.2 Å². The van der Waals surface area contributed by atoms with Gasteiger partial charge in [-0.05, 0) is 30.4 Å². The molecule has 0 fully saturated rings. The van der Waals surface area contributed by atoms with Crippen LogP contribution in [0.5, 0.6) is 11.5 Å². The minimum atomic E-state index is -4.65. The Kier molecular flexibility index (Phi) is 4.73. The smallest absolute Gasteiger partial charge is 0.431 e. The molecule has 1 aromatic heterocycles. The number of benzene rings is 1. The second kappa shape index (κ2) is 6.55. The first kappa shape index (κ1) is 16.6. The lowest BCUT2D eigenvalue weighted by Crippen LogP contribution is -2.19. The number of nitrogens with one attached hydrogen (secondary N) is 1. The van der Waals surface area contributed by atoms with Crippen molar-refractivity contribution in [3.8, 4) is 11.5 Å². The molecule has 23 heavy (non-hydrogen) atoms. The Hall–Kier alpha value is -2.77. The third-order valence-corrected chi connectivity index (χ3v) is 2.94. The van der Waals surface area contributed by atoms with Crippen LogP contribution in [-0.2, 0) is 6.18 Å². The second-order valence-corrected chi connectivity index (χ2v) is 4.46. The molecule has 0 aliphatic rings. The summed E-state index contributed by atoms with van der Waals surface area (Å²) in [6.07, 6.45) is -1.85. The number of aromatic nitrogens is 2. The van der Waals surface area contributed by atoms with Crippen molar-refractivity contribution >= 4 is 12.2 Å². The van der Waals surface area contributed by atoms with Crippen LogP contribution in [0, 0.1) is 0 Å². The molecule has 2 rings (SSSR count). The van der Waals surface area contributed by atoms with Gasteiger partial charge in [0.25, 0.3) is 0 Å². The lowest BCUT2D eigenvalue weighted by Gasteiger charge is -2.08. The molecule has 0 amide bonds. The van der Waals surface area contributed by atoms with E-state index in [2.05, 4.69) is 4.98 Å². The van der Waals surface area contributed by atoms with Crippen molar-refractivity contribution < 1.29 is 22.6 Å². The fourth-order valence-corrected chi connectivity index (χ4v) is 1.85. The molecule has 0 aliphatic carbocycles. The SMILES string of the molecule is COc1ccc(C=Cc2cc(C(F)(F)F)[nH]c(=O)n2)c(OC)c1. The van der Waals surface area contributed by atoms with E-state index in [-0.39, 0.29) is 5.69 Å². The molecule has 0 atom stereocenters. The Morgan fingerprint density at radius 3 is 2.48 bits per heavy atom. The number of halogens is 3. The Morgan fingerprint density at radius 2 is 1.87 bits per heavy atom. The molecule has 122 valence electrons. The molecular formula is C15H13F3N2O3. The van der Waals surface area contributed by atoms with E-state index in [1.54, 1.807) is 23.2 Å². The van der Waals surface area contributed by atoms with Crippen molar-refractivity contribution in [1.29, 1.82) is 0 Å². The molecule has 0 saturated carbocycles. The van der Waals surface area contributed by atoms with Gasteiger partial charge in [0.05, 0.1) is 19.9 Å². The van der Waals surface area contributed by atoms with E-state index >= 15 is 0 Å². The van der Waals surface area contributed by atoms with E-state index < -0.39 is 17.6 Å². The van der Waals surface area contributed by atoms with Crippen LogP contribution in [-0.4, -0.2) is 24.2 Å². The highest BCUT2D eigenvalue weighted by molar-refractivity contribution is 5.72. The van der Waals surface area contributed by atoms with E-state index in [0.29, 0.717) is 17.1 Å². The third-order valence-electron chi connectivity index (χ3n) is 2.94. The topological polar surface area (TPSA) is 64.2 Å². The zero-order chi connectivity index (χ0) is 17.0. The van der Waals surface area contributed by atoms with Gasteiger partial charge in [-0.3, -0.25) is 0 Å². The number of rotatable bonds is 4. The monoisotopic (exact) mass is 326 g/mol. The maximum Gasteiger partial charge on any atom is 0.431 e. The van der Waals surface area contributed by atoms with E-state index in [1.165, 1.54) is 26.4 Å². The number of H-pyrrole nitrogens is 1. The predicted octanol–water partition coefficient (Wildman–Crippen LogP) is 2.98. The van der Waals surface area contributed by atoms with Crippen LogP contribution >= 0.6 is 0 Å². The number of nitrogens with zero attached hydrogens (tertiary/aromatic N) is 1. The highest BCUT2D eigenvalue weighted by Crippen LogP contribution is 2.28. The second-order valence-electron chi connectivity index (χ2n) is 4.46. The molecule has 8 heteroatoms. The summed E-state index contributed by atoms with van der Waals surface area (Å²) >= 11 is 0. The van der Waals surface area contributed by atoms with Crippen LogP contribution in [0.3, 0.4) is 0 Å². The van der Waals surface area contributed by atoms with E-state index in [0.717, 1.165) is 6.07 Å². The largest absolute Gasteiger partial charge is 0.497 e. The van der Waals surface area contributed by atoms with Gasteiger partial charge in [0.15, 0.2) is 0 Å². The Labute approximate surface area is 129 Å². The summed E-state index contributed by atoms with van der Waals surface area (Å²) < 4.78 is 48.2. The van der Waals surface area contributed by atoms with Gasteiger partial charge >= 0.3 is 11.9 Å². The van der Waals surface area contributed by atoms with Crippen molar-refractivity contribution in [2.45, 2.75) is 6.18 Å². The first-order valence-corrected chi connectivity index (χ1v) is 6.42. The number of hydrogen-bond acceptors (Lipinski definition) is 4. The van der Waals surface area contributed by atoms with Gasteiger partial charge in [0.1, 0.15) is 17.2 Å². The number of ether oxygens (including phenoxy) is 2. The minimum absolute atomic E-state index is 0.112. The maximum atomic E-state index is 12.7. The van der Waals surface area contributed by atoms with Crippen LogP contribution < -0.4 is 15.2 Å². The molecule has 0 saturated heterocycles. The van der Waals surface area contributed by atoms with E-state index in [1.807, 2.05) is 0 Å². The average molecular weight is 326 g/mol. The fourth-order valence-electron chi connectivity index (χ4n) is 1.85. The molecule has 0 aliphatic heterocycles. The third kappa shape index (κ3) is 4.12. The zero-order valence-corrected chi connectivity index (χ0v) is 12.3. The summed E-state index contributed by atoms with van der Waals surface area (Å²) in [4.78, 5) is 16.4. The summed E-state index contributed by atoms with van der Waals surface area (Å²) in [5.41, 5.74) is -1.73. The van der Waals surface area contributed by atoms with Gasteiger partial charge in [-0.15, -0.1) is 0 Å². The fraction of sp³-hybridized carbons (Fsp3) is 0.200. The van der Waals surface area contributed by atoms with Crippen molar-refractivity contribution in [2.24, 2.45) is 0 Å². The van der Waals surface area contributed by atoms with Gasteiger partial charge in [-0.1, -0.05) is 0 Å². The van der Waals surface area contributed by atoms with Gasteiger partial charge in [-0.2, -0.15) is 18.2 Å². The van der Waals surface area contributed by atoms with Gasteiger partial charge in [0, 0.05) is 11.6 Å². The number of hydrogen-bond donors (Lipinski definition) is 1. The zero-order valence-electron chi connectivity index (χ0n) is 12.3. The van der Waals surface area contributed by atoms with Crippen molar-refractivity contribution in [1.82, 2.24) is 9.97 Å². The van der Waals surface area contributed by atoms with Crippen molar-refractivity contribution in [3.63, 3.8) is 0 Å². The molecule has 5 nitrogen and oxygen atoms in total. The van der Waals surface area contributed by atoms with Crippen LogP contribution in [0.2, 0.25) is 0 Å². The highest BCUT2D eigenvalue weighted by Gasteiger charge is 2.32. The molecule has 2 aromatic rings. The van der Waals surface area contributed by atoms with Crippen LogP contribution in [0.25, 0.3) is 12.2 Å². The van der Waals surface area contributed by atoms with Crippen LogP contribution in [0.4, 0.5) is 13.2 Å². The predicted molar refractivity (Wildman–Crippen MR) is 78.3 cm³/mol. The van der Waals surface area contributed by atoms with Gasteiger partial charge < -0.3 is 14.5 Å². The van der Waals surface area contributed by atoms with Crippen molar-refractivity contribution in [3.05, 3.63) is 51.7 Å². The summed E-state index contributed by atoms with van der Waals surface area (Å²) in [7, 11) is 2.96. The van der Waals surface area contributed by atoms with Gasteiger partial charge in [0.2, 0.25) is 0 Å². The summed E-state index contributed by atoms with van der Waals surface area (Å²) in [5.74, 6) is 1.05. The molecule has 0 unspecified atom stereocenters. The van der Waals surface area contributed by atoms with Crippen LogP contribution in [0.15, 0.2) is 29.1 Å². The normalized spacial score (nSPS) is 11.7. The Bertz CT molecular complexity index is 782. The Balaban J connectivity index is 2.37. The molecular weight excluding hydrogens is 313 g/mol. The van der Waals surface area contributed by atoms with Gasteiger partial charge in [-0.25, -0.2) is 4.79 Å². The lowest BCUT2D eigenvalue weighted by molar-refractivity contribution is -0.141. The molecule has 0 spiro atoms. The summed E-state index contributed by atoms with van der Waals surface area (Å²) in [6.45, 7) is 0. The standard InChI is InChI=1S/C15H13F3N2O3/c1-22-11-6-4-9(12(8-11)23-2)3-5-10-7-13(15(16,17)18)20-14(21)19-10/h3-8H,1-2H3,(H,19,20,21). The van der Waals surface area contributed by atoms with E-state index in [4.69, 9.17) is 9.47 Å². The molecule has 1 aromatic carbocycles. The first-order valence-electron chi connectivity index (χ1n) is 6.42. The molecule has 0 radical (unpaired) electrons. The highest BCUT2D eigenvalue weighted by atomic mass is 19.4. The lowest BCUT2D eigenvalue weighted by atomic mass is 10.1.